The molecule has 1 heterocycles. The van der Waals surface area contributed by atoms with Crippen molar-refractivity contribution in [2.24, 2.45) is 0 Å². The van der Waals surface area contributed by atoms with Gasteiger partial charge in [-0.05, 0) is 12.8 Å². The molecule has 54 valence electrons. The van der Waals surface area contributed by atoms with Crippen molar-refractivity contribution in [2.75, 3.05) is 13.1 Å². The quantitative estimate of drug-likeness (QED) is 0.409. The van der Waals surface area contributed by atoms with Gasteiger partial charge in [-0.3, -0.25) is 5.21 Å². The van der Waals surface area contributed by atoms with Gasteiger partial charge < -0.3 is 5.11 Å². The molecular weight excluding hydrogens is 120 g/mol. The van der Waals surface area contributed by atoms with E-state index in [4.69, 9.17) is 10.3 Å². The summed E-state index contributed by atoms with van der Waals surface area (Å²) in [5.41, 5.74) is 2.63. The maximum absolute atomic E-state index is 9.01. The van der Waals surface area contributed by atoms with E-state index in [1.807, 2.05) is 0 Å². The highest BCUT2D eigenvalue weighted by Gasteiger charge is 2.11. The molecule has 0 saturated carbocycles. The summed E-state index contributed by atoms with van der Waals surface area (Å²) in [4.78, 5) is 0. The summed E-state index contributed by atoms with van der Waals surface area (Å²) in [6.45, 7) is 1.05. The molecule has 0 aliphatic carbocycles. The van der Waals surface area contributed by atoms with Gasteiger partial charge in [-0.15, -0.1) is 5.17 Å². The third-order valence-corrected chi connectivity index (χ3v) is 1.42. The van der Waals surface area contributed by atoms with Gasteiger partial charge in [0.25, 0.3) is 0 Å². The van der Waals surface area contributed by atoms with Gasteiger partial charge in [-0.25, -0.2) is 5.43 Å². The summed E-state index contributed by atoms with van der Waals surface area (Å²) < 4.78 is 0. The van der Waals surface area contributed by atoms with Crippen LogP contribution in [0.2, 0.25) is 0 Å². The Kier molecular flexibility index (Phi) is 2.41. The second-order valence-corrected chi connectivity index (χ2v) is 2.28. The Balaban J connectivity index is 2.25. The Labute approximate surface area is 54.0 Å². The van der Waals surface area contributed by atoms with Crippen molar-refractivity contribution in [2.45, 2.75) is 18.9 Å². The fourth-order valence-corrected chi connectivity index (χ4v) is 0.869. The van der Waals surface area contributed by atoms with Crippen LogP contribution in [0.5, 0.6) is 0 Å². The van der Waals surface area contributed by atoms with Crippen LogP contribution in [-0.4, -0.2) is 34.7 Å². The van der Waals surface area contributed by atoms with E-state index in [-0.39, 0.29) is 6.10 Å². The summed E-state index contributed by atoms with van der Waals surface area (Å²) in [7, 11) is 0. The maximum atomic E-state index is 9.01. The van der Waals surface area contributed by atoms with Crippen LogP contribution in [-0.2, 0) is 0 Å². The number of hydrazine groups is 1. The molecule has 1 unspecified atom stereocenters. The van der Waals surface area contributed by atoms with Gasteiger partial charge >= 0.3 is 0 Å². The summed E-state index contributed by atoms with van der Waals surface area (Å²) in [6, 6.07) is 0. The Hall–Kier alpha value is -0.160. The lowest BCUT2D eigenvalue weighted by molar-refractivity contribution is -0.134. The number of aliphatic hydroxyl groups excluding tert-OH is 1. The number of rotatable bonds is 0. The summed E-state index contributed by atoms with van der Waals surface area (Å²) >= 11 is 0. The van der Waals surface area contributed by atoms with Crippen molar-refractivity contribution in [1.82, 2.24) is 10.6 Å². The number of nitrogens with one attached hydrogen (secondary N) is 1. The highest BCUT2D eigenvalue weighted by Crippen LogP contribution is 2.00. The minimum Gasteiger partial charge on any atom is -0.392 e. The average Bonchev–Trinajstić information content (AvgIpc) is 1.97. The Morgan fingerprint density at radius 1 is 1.56 bits per heavy atom. The molecule has 0 amide bonds. The SMILES string of the molecule is OC1CCCN(O)NC1. The number of hydroxylamine groups is 1. The van der Waals surface area contributed by atoms with E-state index >= 15 is 0 Å². The van der Waals surface area contributed by atoms with Gasteiger partial charge in [0.2, 0.25) is 0 Å². The van der Waals surface area contributed by atoms with Crippen LogP contribution in [0, 0.1) is 0 Å². The zero-order valence-corrected chi connectivity index (χ0v) is 5.25. The number of nitrogens with zero attached hydrogens (tertiary/aromatic N) is 1. The van der Waals surface area contributed by atoms with Crippen molar-refractivity contribution in [3.05, 3.63) is 0 Å². The summed E-state index contributed by atoms with van der Waals surface area (Å²) in [5.74, 6) is 0. The number of hydrogen-bond donors (Lipinski definition) is 3. The van der Waals surface area contributed by atoms with Crippen LogP contribution in [0.1, 0.15) is 12.8 Å². The molecule has 0 radical (unpaired) electrons. The minimum atomic E-state index is -0.304. The third-order valence-electron chi connectivity index (χ3n) is 1.42. The van der Waals surface area contributed by atoms with Gasteiger partial charge in [-0.2, -0.15) is 0 Å². The molecule has 1 atom stereocenters. The predicted octanol–water partition coefficient (Wildman–Crippen LogP) is -0.663. The topological polar surface area (TPSA) is 55.7 Å². The standard InChI is InChI=1S/C5H12N2O2/c8-5-2-1-3-7(9)6-4-5/h5-6,8-9H,1-4H2. The van der Waals surface area contributed by atoms with Crippen LogP contribution in [0.3, 0.4) is 0 Å². The van der Waals surface area contributed by atoms with Crippen LogP contribution in [0.4, 0.5) is 0 Å². The second-order valence-electron chi connectivity index (χ2n) is 2.28. The van der Waals surface area contributed by atoms with Gasteiger partial charge in [0.15, 0.2) is 0 Å². The lowest BCUT2D eigenvalue weighted by Crippen LogP contribution is -2.37. The smallest absolute Gasteiger partial charge is 0.0680 e. The van der Waals surface area contributed by atoms with Crippen molar-refractivity contribution in [1.29, 1.82) is 0 Å². The molecule has 0 aromatic heterocycles. The first kappa shape index (κ1) is 6.95. The first-order chi connectivity index (χ1) is 4.29. The monoisotopic (exact) mass is 132 g/mol. The number of hydrogen-bond acceptors (Lipinski definition) is 4. The van der Waals surface area contributed by atoms with E-state index in [9.17, 15) is 0 Å². The van der Waals surface area contributed by atoms with Crippen molar-refractivity contribution in [3.63, 3.8) is 0 Å². The van der Waals surface area contributed by atoms with E-state index in [1.165, 1.54) is 0 Å². The molecule has 3 N–H and O–H groups in total. The Bertz CT molecular complexity index is 79.0. The Morgan fingerprint density at radius 2 is 2.33 bits per heavy atom. The van der Waals surface area contributed by atoms with Crippen molar-refractivity contribution >= 4 is 0 Å². The van der Waals surface area contributed by atoms with Gasteiger partial charge in [0.05, 0.1) is 6.10 Å². The zero-order valence-electron chi connectivity index (χ0n) is 5.25. The fourth-order valence-electron chi connectivity index (χ4n) is 0.869. The second kappa shape index (κ2) is 3.12. The molecule has 0 spiro atoms. The predicted molar refractivity (Wildman–Crippen MR) is 31.7 cm³/mol. The Morgan fingerprint density at radius 3 is 3.11 bits per heavy atom. The molecular formula is C5H12N2O2. The van der Waals surface area contributed by atoms with E-state index in [0.29, 0.717) is 13.1 Å². The maximum Gasteiger partial charge on any atom is 0.0680 e. The number of β-amino-alcohol motifs (C(OH)–C–C–N with tert-alkyl or cyclic N) is 1. The molecule has 1 fully saturated rings. The normalized spacial score (nSPS) is 32.0. The third kappa shape index (κ3) is 2.28. The van der Waals surface area contributed by atoms with Gasteiger partial charge in [0.1, 0.15) is 0 Å². The fraction of sp³-hybridized carbons (Fsp3) is 1.00. The lowest BCUT2D eigenvalue weighted by atomic mass is 10.2. The molecule has 9 heavy (non-hydrogen) atoms. The van der Waals surface area contributed by atoms with E-state index < -0.39 is 0 Å². The van der Waals surface area contributed by atoms with Gasteiger partial charge in [-0.1, -0.05) is 0 Å². The van der Waals surface area contributed by atoms with Crippen LogP contribution < -0.4 is 5.43 Å². The molecule has 0 aromatic carbocycles. The largest absolute Gasteiger partial charge is 0.392 e. The molecule has 1 aliphatic rings. The number of aliphatic hydroxyl groups is 1. The van der Waals surface area contributed by atoms with Crippen LogP contribution in [0.15, 0.2) is 0 Å². The van der Waals surface area contributed by atoms with E-state index in [1.54, 1.807) is 0 Å². The van der Waals surface area contributed by atoms with Gasteiger partial charge in [0, 0.05) is 13.1 Å². The average molecular weight is 132 g/mol. The highest BCUT2D eigenvalue weighted by atomic mass is 16.5. The molecule has 4 nitrogen and oxygen atoms in total. The molecule has 0 bridgehead atoms. The van der Waals surface area contributed by atoms with E-state index in [0.717, 1.165) is 18.0 Å². The molecule has 0 aromatic rings. The molecule has 1 saturated heterocycles. The summed E-state index contributed by atoms with van der Waals surface area (Å²) in [6.07, 6.45) is 1.30. The van der Waals surface area contributed by atoms with E-state index in [2.05, 4.69) is 5.43 Å². The zero-order chi connectivity index (χ0) is 6.69. The summed E-state index contributed by atoms with van der Waals surface area (Å²) in [5, 5.41) is 18.8. The molecule has 1 rings (SSSR count). The first-order valence-corrected chi connectivity index (χ1v) is 3.17. The van der Waals surface area contributed by atoms with Crippen LogP contribution >= 0.6 is 0 Å². The van der Waals surface area contributed by atoms with Crippen molar-refractivity contribution < 1.29 is 10.3 Å². The molecule has 4 heteroatoms. The lowest BCUT2D eigenvalue weighted by Gasteiger charge is -2.11. The molecule has 1 aliphatic heterocycles. The van der Waals surface area contributed by atoms with Crippen LogP contribution in [0.25, 0.3) is 0 Å². The van der Waals surface area contributed by atoms with Crippen molar-refractivity contribution in [3.8, 4) is 0 Å². The first-order valence-electron chi connectivity index (χ1n) is 3.17. The highest BCUT2D eigenvalue weighted by molar-refractivity contribution is 4.61. The minimum absolute atomic E-state index is 0.304.